The molecule has 1 aromatic heterocycles. The fourth-order valence-electron chi connectivity index (χ4n) is 3.29. The van der Waals surface area contributed by atoms with Crippen molar-refractivity contribution in [2.45, 2.75) is 17.7 Å². The summed E-state index contributed by atoms with van der Waals surface area (Å²) in [4.78, 5) is 4.49. The lowest BCUT2D eigenvalue weighted by molar-refractivity contribution is 0.475. The Morgan fingerprint density at radius 2 is 1.68 bits per heavy atom. The molecule has 0 amide bonds. The van der Waals surface area contributed by atoms with Crippen LogP contribution in [0.2, 0.25) is 0 Å². The third-order valence-corrected chi connectivity index (χ3v) is 5.86. The Bertz CT molecular complexity index is 1400. The molecule has 0 spiro atoms. The number of primary sulfonamides is 1. The lowest BCUT2D eigenvalue weighted by atomic mass is 10.0. The van der Waals surface area contributed by atoms with Crippen LogP contribution in [0.4, 0.5) is 0 Å². The van der Waals surface area contributed by atoms with E-state index in [0.29, 0.717) is 29.3 Å². The summed E-state index contributed by atoms with van der Waals surface area (Å²) in [5.74, 6) is 6.45. The fraction of sp³-hybridized carbons (Fsp3) is 0.0800. The molecule has 3 aromatic carbocycles. The van der Waals surface area contributed by atoms with Crippen molar-refractivity contribution in [1.82, 2.24) is 4.98 Å². The first kappa shape index (κ1) is 20.6. The van der Waals surface area contributed by atoms with Gasteiger partial charge in [-0.15, -0.1) is 0 Å². The van der Waals surface area contributed by atoms with Gasteiger partial charge in [0.15, 0.2) is 0 Å². The number of nitrogens with zero attached hydrogens (tertiary/aromatic N) is 1. The van der Waals surface area contributed by atoms with E-state index in [9.17, 15) is 13.5 Å². The van der Waals surface area contributed by atoms with E-state index in [1.54, 1.807) is 18.3 Å². The number of fused-ring (bicyclic) bond motifs is 1. The maximum Gasteiger partial charge on any atom is 0.238 e. The lowest BCUT2D eigenvalue weighted by Gasteiger charge is -2.08. The van der Waals surface area contributed by atoms with Gasteiger partial charge in [0.25, 0.3) is 0 Å². The second kappa shape index (κ2) is 8.60. The van der Waals surface area contributed by atoms with E-state index in [2.05, 4.69) is 16.8 Å². The second-order valence-electron chi connectivity index (χ2n) is 7.19. The van der Waals surface area contributed by atoms with Crippen molar-refractivity contribution in [3.63, 3.8) is 0 Å². The van der Waals surface area contributed by atoms with Gasteiger partial charge in [0, 0.05) is 35.6 Å². The highest BCUT2D eigenvalue weighted by Crippen LogP contribution is 2.29. The molecule has 0 saturated heterocycles. The van der Waals surface area contributed by atoms with Gasteiger partial charge in [-0.05, 0) is 41.5 Å². The summed E-state index contributed by atoms with van der Waals surface area (Å²) in [7, 11) is -3.73. The van der Waals surface area contributed by atoms with E-state index in [-0.39, 0.29) is 10.6 Å². The summed E-state index contributed by atoms with van der Waals surface area (Å²) in [6, 6.07) is 21.8. The summed E-state index contributed by atoms with van der Waals surface area (Å²) in [6.45, 7) is 0. The molecule has 0 saturated carbocycles. The van der Waals surface area contributed by atoms with Crippen LogP contribution in [0.25, 0.3) is 10.9 Å². The number of nitrogens with two attached hydrogens (primary N) is 1. The standard InChI is InChI=1S/C25H20N2O3S/c26-31(29,30)22-12-9-20(10-13-22)15-21-17-27-24-14-11-19(16-23(24)25(21)28)8-4-7-18-5-2-1-3-6-18/h1-3,5-6,9-14,16-17H,7,15H2,(H,27,28)(H2,26,29,30). The zero-order valence-electron chi connectivity index (χ0n) is 16.6. The van der Waals surface area contributed by atoms with Crippen molar-refractivity contribution in [3.05, 3.63) is 101 Å². The maximum absolute atomic E-state index is 11.4. The number of benzene rings is 3. The lowest BCUT2D eigenvalue weighted by Crippen LogP contribution is -2.11. The molecule has 4 rings (SSSR count). The minimum Gasteiger partial charge on any atom is -0.507 e. The van der Waals surface area contributed by atoms with Crippen molar-refractivity contribution in [2.24, 2.45) is 5.14 Å². The molecule has 0 unspecified atom stereocenters. The molecule has 0 bridgehead atoms. The number of aromatic nitrogens is 1. The van der Waals surface area contributed by atoms with Crippen molar-refractivity contribution in [1.29, 1.82) is 0 Å². The monoisotopic (exact) mass is 428 g/mol. The smallest absolute Gasteiger partial charge is 0.238 e. The highest BCUT2D eigenvalue weighted by atomic mass is 32.2. The quantitative estimate of drug-likeness (QED) is 0.484. The minimum atomic E-state index is -3.73. The van der Waals surface area contributed by atoms with Crippen LogP contribution in [0.5, 0.6) is 5.75 Å². The van der Waals surface area contributed by atoms with Crippen LogP contribution in [0.3, 0.4) is 0 Å². The molecule has 0 aliphatic heterocycles. The molecule has 0 aliphatic rings. The van der Waals surface area contributed by atoms with Crippen LogP contribution in [-0.4, -0.2) is 18.5 Å². The molecule has 154 valence electrons. The van der Waals surface area contributed by atoms with Gasteiger partial charge in [-0.2, -0.15) is 0 Å². The summed E-state index contributed by atoms with van der Waals surface area (Å²) in [5, 5.41) is 16.6. The topological polar surface area (TPSA) is 93.3 Å². The first-order valence-electron chi connectivity index (χ1n) is 9.65. The van der Waals surface area contributed by atoms with Crippen LogP contribution in [0.15, 0.2) is 83.9 Å². The first-order chi connectivity index (χ1) is 14.9. The van der Waals surface area contributed by atoms with Crippen molar-refractivity contribution in [3.8, 4) is 17.6 Å². The van der Waals surface area contributed by atoms with Crippen LogP contribution < -0.4 is 5.14 Å². The van der Waals surface area contributed by atoms with Gasteiger partial charge in [0.2, 0.25) is 10.0 Å². The summed E-state index contributed by atoms with van der Waals surface area (Å²) in [6.07, 6.45) is 2.69. The number of aromatic hydroxyl groups is 1. The molecule has 31 heavy (non-hydrogen) atoms. The number of pyridine rings is 1. The Hall–Kier alpha value is -3.66. The fourth-order valence-corrected chi connectivity index (χ4v) is 3.80. The Balaban J connectivity index is 1.59. The molecule has 0 aliphatic carbocycles. The highest BCUT2D eigenvalue weighted by molar-refractivity contribution is 7.89. The number of hydrogen-bond donors (Lipinski definition) is 2. The molecule has 6 heteroatoms. The molecule has 0 atom stereocenters. The molecule has 0 radical (unpaired) electrons. The van der Waals surface area contributed by atoms with Gasteiger partial charge < -0.3 is 5.11 Å². The van der Waals surface area contributed by atoms with Gasteiger partial charge in [-0.3, -0.25) is 4.98 Å². The van der Waals surface area contributed by atoms with E-state index < -0.39 is 10.0 Å². The van der Waals surface area contributed by atoms with Crippen LogP contribution in [0.1, 0.15) is 22.3 Å². The van der Waals surface area contributed by atoms with Gasteiger partial charge >= 0.3 is 0 Å². The van der Waals surface area contributed by atoms with E-state index in [0.717, 1.165) is 16.7 Å². The molecule has 3 N–H and O–H groups in total. The van der Waals surface area contributed by atoms with E-state index in [1.807, 2.05) is 48.5 Å². The molecular formula is C25H20N2O3S. The Labute approximate surface area is 181 Å². The Morgan fingerprint density at radius 3 is 2.39 bits per heavy atom. The number of rotatable bonds is 4. The summed E-state index contributed by atoms with van der Waals surface area (Å²) < 4.78 is 22.8. The van der Waals surface area contributed by atoms with E-state index >= 15 is 0 Å². The predicted molar refractivity (Wildman–Crippen MR) is 121 cm³/mol. The highest BCUT2D eigenvalue weighted by Gasteiger charge is 2.11. The van der Waals surface area contributed by atoms with E-state index in [4.69, 9.17) is 5.14 Å². The Morgan fingerprint density at radius 1 is 0.935 bits per heavy atom. The average molecular weight is 429 g/mol. The summed E-state index contributed by atoms with van der Waals surface area (Å²) in [5.41, 5.74) is 4.11. The average Bonchev–Trinajstić information content (AvgIpc) is 2.76. The normalized spacial score (nSPS) is 11.1. The molecular weight excluding hydrogens is 408 g/mol. The SMILES string of the molecule is NS(=O)(=O)c1ccc(Cc2cnc3ccc(C#CCc4ccccc4)cc3c2O)cc1. The third-order valence-electron chi connectivity index (χ3n) is 4.93. The zero-order chi connectivity index (χ0) is 21.8. The first-order valence-corrected chi connectivity index (χ1v) is 11.2. The van der Waals surface area contributed by atoms with Crippen LogP contribution >= 0.6 is 0 Å². The van der Waals surface area contributed by atoms with Crippen molar-refractivity contribution in [2.75, 3.05) is 0 Å². The summed E-state index contributed by atoms with van der Waals surface area (Å²) >= 11 is 0. The largest absolute Gasteiger partial charge is 0.507 e. The van der Waals surface area contributed by atoms with Gasteiger partial charge in [-0.1, -0.05) is 54.3 Å². The number of sulfonamides is 1. The minimum absolute atomic E-state index is 0.0517. The van der Waals surface area contributed by atoms with Crippen molar-refractivity contribution >= 4 is 20.9 Å². The predicted octanol–water partition coefficient (Wildman–Crippen LogP) is 3.77. The van der Waals surface area contributed by atoms with Crippen LogP contribution in [0, 0.1) is 11.8 Å². The van der Waals surface area contributed by atoms with Gasteiger partial charge in [0.1, 0.15) is 5.75 Å². The zero-order valence-corrected chi connectivity index (χ0v) is 17.4. The van der Waals surface area contributed by atoms with Crippen molar-refractivity contribution < 1.29 is 13.5 Å². The van der Waals surface area contributed by atoms with E-state index in [1.165, 1.54) is 12.1 Å². The van der Waals surface area contributed by atoms with Gasteiger partial charge in [0.05, 0.1) is 10.4 Å². The third kappa shape index (κ3) is 4.92. The molecule has 0 fully saturated rings. The Kier molecular flexibility index (Phi) is 5.72. The molecule has 1 heterocycles. The number of hydrogen-bond acceptors (Lipinski definition) is 4. The van der Waals surface area contributed by atoms with Crippen LogP contribution in [-0.2, 0) is 22.9 Å². The molecule has 5 nitrogen and oxygen atoms in total. The molecule has 4 aromatic rings. The van der Waals surface area contributed by atoms with Gasteiger partial charge in [-0.25, -0.2) is 13.6 Å². The second-order valence-corrected chi connectivity index (χ2v) is 8.76. The maximum atomic E-state index is 11.4.